The molecular weight excluding hydrogens is 267 g/mol. The van der Waals surface area contributed by atoms with Crippen LogP contribution < -0.4 is 0 Å². The molecule has 0 unspecified atom stereocenters. The molecule has 0 saturated heterocycles. The van der Waals surface area contributed by atoms with Crippen molar-refractivity contribution in [3.8, 4) is 0 Å². The molecule has 0 aliphatic heterocycles. The molecule has 0 fully saturated rings. The first kappa shape index (κ1) is 20.0. The molecule has 0 radical (unpaired) electrons. The first-order valence-electron chi connectivity index (χ1n) is 4.20. The molecule has 2 N–H and O–H groups in total. The summed E-state index contributed by atoms with van der Waals surface area (Å²) in [7, 11) is -1.67. The largest absolute Gasteiger partial charge is 0.519 e. The van der Waals surface area contributed by atoms with Gasteiger partial charge in [0.15, 0.2) is 8.32 Å². The van der Waals surface area contributed by atoms with Gasteiger partial charge in [0.1, 0.15) is 0 Å². The SMILES string of the molecule is CC[Si](O)(CC)CC.OC(F)(F)F.[Zn]. The molecule has 0 spiro atoms. The van der Waals surface area contributed by atoms with E-state index in [0.29, 0.717) is 0 Å². The second-order valence-corrected chi connectivity index (χ2v) is 7.32. The minimum Gasteiger partial charge on any atom is -0.432 e. The van der Waals surface area contributed by atoms with Gasteiger partial charge in [-0.2, -0.15) is 0 Å². The van der Waals surface area contributed by atoms with Crippen LogP contribution in [0, 0.1) is 0 Å². The standard InChI is InChI=1S/C6H16OSi.CHF3O.Zn/c1-4-8(7,5-2)6-3;2-1(3,4)5;/h7H,4-6H2,1-3H3;5H;. The predicted octanol–water partition coefficient (Wildman–Crippen LogP) is 2.48. The molecule has 2 nitrogen and oxygen atoms in total. The summed E-state index contributed by atoms with van der Waals surface area (Å²) in [5, 5.41) is 6.52. The second-order valence-electron chi connectivity index (χ2n) is 2.75. The van der Waals surface area contributed by atoms with Gasteiger partial charge in [-0.25, -0.2) is 0 Å². The maximum Gasteiger partial charge on any atom is 0.519 e. The van der Waals surface area contributed by atoms with Gasteiger partial charge in [0, 0.05) is 19.5 Å². The number of aliphatic hydroxyl groups is 1. The van der Waals surface area contributed by atoms with Crippen molar-refractivity contribution in [1.82, 2.24) is 0 Å². The molecule has 0 aromatic carbocycles. The van der Waals surface area contributed by atoms with Gasteiger partial charge in [-0.1, -0.05) is 20.8 Å². The average molecular weight is 284 g/mol. The molecule has 0 saturated carbocycles. The van der Waals surface area contributed by atoms with Crippen molar-refractivity contribution in [3.05, 3.63) is 0 Å². The van der Waals surface area contributed by atoms with Crippen molar-refractivity contribution in [1.29, 1.82) is 0 Å². The molecular formula is C7H17F3O2SiZn. The monoisotopic (exact) mass is 282 g/mol. The van der Waals surface area contributed by atoms with Gasteiger partial charge in [-0.15, -0.1) is 13.2 Å². The second kappa shape index (κ2) is 8.83. The molecule has 0 bridgehead atoms. The van der Waals surface area contributed by atoms with E-state index in [2.05, 4.69) is 20.8 Å². The minimum absolute atomic E-state index is 0. The van der Waals surface area contributed by atoms with Crippen molar-refractivity contribution in [2.75, 3.05) is 0 Å². The number of hydrogen-bond donors (Lipinski definition) is 2. The first-order valence-corrected chi connectivity index (χ1v) is 6.76. The normalized spacial score (nSPS) is 11.1. The molecule has 0 amide bonds. The molecule has 0 aromatic heterocycles. The smallest absolute Gasteiger partial charge is 0.432 e. The van der Waals surface area contributed by atoms with Crippen LogP contribution >= 0.6 is 0 Å². The number of rotatable bonds is 3. The number of halogens is 3. The Bertz CT molecular complexity index is 114. The van der Waals surface area contributed by atoms with Gasteiger partial charge in [-0.05, 0) is 18.1 Å². The molecule has 84 valence electrons. The van der Waals surface area contributed by atoms with Crippen molar-refractivity contribution in [2.24, 2.45) is 0 Å². The Morgan fingerprint density at radius 3 is 1.14 bits per heavy atom. The van der Waals surface area contributed by atoms with E-state index in [1.807, 2.05) is 0 Å². The van der Waals surface area contributed by atoms with E-state index in [1.165, 1.54) is 0 Å². The molecule has 0 aliphatic rings. The Kier molecular flexibility index (Phi) is 12.6. The predicted molar refractivity (Wildman–Crippen MR) is 47.7 cm³/mol. The first-order chi connectivity index (χ1) is 5.68. The fourth-order valence-electron chi connectivity index (χ4n) is 0.750. The molecule has 0 aliphatic carbocycles. The zero-order valence-electron chi connectivity index (χ0n) is 8.86. The topological polar surface area (TPSA) is 40.5 Å². The maximum atomic E-state index is 9.91. The van der Waals surface area contributed by atoms with Crippen LogP contribution in [0.15, 0.2) is 0 Å². The molecule has 0 aromatic rings. The van der Waals surface area contributed by atoms with Crippen molar-refractivity contribution >= 4 is 8.32 Å². The van der Waals surface area contributed by atoms with Crippen molar-refractivity contribution < 1.29 is 42.6 Å². The zero-order valence-corrected chi connectivity index (χ0v) is 12.8. The van der Waals surface area contributed by atoms with E-state index in [4.69, 9.17) is 5.11 Å². The van der Waals surface area contributed by atoms with Gasteiger partial charge < -0.3 is 9.90 Å². The summed E-state index contributed by atoms with van der Waals surface area (Å²) in [5.74, 6) is 0. The van der Waals surface area contributed by atoms with Crippen molar-refractivity contribution in [3.63, 3.8) is 0 Å². The van der Waals surface area contributed by atoms with Crippen molar-refractivity contribution in [2.45, 2.75) is 45.3 Å². The summed E-state index contributed by atoms with van der Waals surface area (Å²) >= 11 is 0. The summed E-state index contributed by atoms with van der Waals surface area (Å²) in [4.78, 5) is 9.58. The average Bonchev–Trinajstić information content (AvgIpc) is 2.00. The Hall–Kier alpha value is 0.550. The third-order valence-electron chi connectivity index (χ3n) is 1.97. The maximum absolute atomic E-state index is 9.91. The molecule has 14 heavy (non-hydrogen) atoms. The van der Waals surface area contributed by atoms with E-state index in [9.17, 15) is 18.0 Å². The number of hydrogen-bond acceptors (Lipinski definition) is 2. The summed E-state index contributed by atoms with van der Waals surface area (Å²) in [6, 6.07) is 3.04. The summed E-state index contributed by atoms with van der Waals surface area (Å²) in [6.07, 6.45) is -5.00. The van der Waals surface area contributed by atoms with Gasteiger partial charge in [0.2, 0.25) is 0 Å². The van der Waals surface area contributed by atoms with E-state index >= 15 is 0 Å². The Morgan fingerprint density at radius 2 is 1.14 bits per heavy atom. The zero-order chi connectivity index (χ0) is 11.1. The molecule has 0 atom stereocenters. The Labute approximate surface area is 96.4 Å². The van der Waals surface area contributed by atoms with Crippen LogP contribution in [-0.2, 0) is 19.5 Å². The van der Waals surface area contributed by atoms with E-state index in [0.717, 1.165) is 18.1 Å². The van der Waals surface area contributed by atoms with Crippen LogP contribution in [0.1, 0.15) is 20.8 Å². The van der Waals surface area contributed by atoms with Gasteiger partial charge in [0.05, 0.1) is 0 Å². The molecule has 0 heterocycles. The third-order valence-corrected chi connectivity index (χ3v) is 5.92. The summed E-state index contributed by atoms with van der Waals surface area (Å²) < 4.78 is 29.7. The Morgan fingerprint density at radius 1 is 1.00 bits per heavy atom. The molecule has 7 heteroatoms. The third kappa shape index (κ3) is 18.4. The molecule has 0 rings (SSSR count). The van der Waals surface area contributed by atoms with Gasteiger partial charge in [0.25, 0.3) is 0 Å². The van der Waals surface area contributed by atoms with Gasteiger partial charge in [-0.3, -0.25) is 0 Å². The van der Waals surface area contributed by atoms with Gasteiger partial charge >= 0.3 is 6.36 Å². The van der Waals surface area contributed by atoms with Crippen LogP contribution in [0.4, 0.5) is 13.2 Å². The summed E-state index contributed by atoms with van der Waals surface area (Å²) in [6.45, 7) is 6.25. The minimum atomic E-state index is -5.00. The fraction of sp³-hybridized carbons (Fsp3) is 1.00. The van der Waals surface area contributed by atoms with Crippen LogP contribution in [-0.4, -0.2) is 24.6 Å². The van der Waals surface area contributed by atoms with E-state index in [-0.39, 0.29) is 19.5 Å². The Balaban J connectivity index is -0.000000177. The fourth-order valence-corrected chi connectivity index (χ4v) is 2.25. The van der Waals surface area contributed by atoms with E-state index < -0.39 is 14.7 Å². The van der Waals surface area contributed by atoms with Crippen LogP contribution in [0.3, 0.4) is 0 Å². The van der Waals surface area contributed by atoms with Crippen LogP contribution in [0.25, 0.3) is 0 Å². The van der Waals surface area contributed by atoms with E-state index in [1.54, 1.807) is 0 Å². The quantitative estimate of drug-likeness (QED) is 0.781. The van der Waals surface area contributed by atoms with Crippen LogP contribution in [0.5, 0.6) is 0 Å². The number of alkyl halides is 3. The summed E-state index contributed by atoms with van der Waals surface area (Å²) in [5.41, 5.74) is 0. The van der Waals surface area contributed by atoms with Crippen LogP contribution in [0.2, 0.25) is 18.1 Å².